The van der Waals surface area contributed by atoms with E-state index in [1.54, 1.807) is 43.3 Å². The van der Waals surface area contributed by atoms with Gasteiger partial charge >= 0.3 is 0 Å². The zero-order chi connectivity index (χ0) is 32.6. The number of anilines is 1. The van der Waals surface area contributed by atoms with Crippen LogP contribution in [-0.4, -0.2) is 43.8 Å². The fraction of sp³-hybridized carbons (Fsp3) is 0.278. The van der Waals surface area contributed by atoms with E-state index in [1.165, 1.54) is 17.0 Å². The van der Waals surface area contributed by atoms with Crippen molar-refractivity contribution in [3.63, 3.8) is 0 Å². The molecule has 0 bridgehead atoms. The summed E-state index contributed by atoms with van der Waals surface area (Å²) in [6.07, 6.45) is 0.967. The van der Waals surface area contributed by atoms with E-state index >= 15 is 0 Å². The van der Waals surface area contributed by atoms with E-state index < -0.39 is 28.5 Å². The third-order valence-corrected chi connectivity index (χ3v) is 10.0. The first-order valence-corrected chi connectivity index (χ1v) is 16.8. The van der Waals surface area contributed by atoms with E-state index in [0.29, 0.717) is 22.7 Å². The van der Waals surface area contributed by atoms with Gasteiger partial charge in [0.15, 0.2) is 0 Å². The van der Waals surface area contributed by atoms with Crippen molar-refractivity contribution in [3.8, 4) is 0 Å². The van der Waals surface area contributed by atoms with Gasteiger partial charge in [0.25, 0.3) is 10.0 Å². The third-order valence-electron chi connectivity index (χ3n) is 7.83. The molecule has 0 aliphatic carbocycles. The summed E-state index contributed by atoms with van der Waals surface area (Å²) >= 11 is 6.45. The van der Waals surface area contributed by atoms with Gasteiger partial charge in [-0.25, -0.2) is 8.42 Å². The summed E-state index contributed by atoms with van der Waals surface area (Å²) in [5.41, 5.74) is 3.52. The zero-order valence-corrected chi connectivity index (χ0v) is 27.7. The monoisotopic (exact) mass is 645 g/mol. The van der Waals surface area contributed by atoms with Crippen molar-refractivity contribution in [1.82, 2.24) is 10.2 Å². The predicted molar refractivity (Wildman–Crippen MR) is 181 cm³/mol. The van der Waals surface area contributed by atoms with E-state index in [0.717, 1.165) is 21.0 Å². The van der Waals surface area contributed by atoms with Crippen LogP contribution in [-0.2, 0) is 32.6 Å². The molecular formula is C36H40ClN3O4S. The molecule has 0 saturated heterocycles. The molecule has 4 aromatic carbocycles. The summed E-state index contributed by atoms with van der Waals surface area (Å²) in [5.74, 6) is -0.818. The summed E-state index contributed by atoms with van der Waals surface area (Å²) in [6.45, 7) is 7.15. The van der Waals surface area contributed by atoms with Crippen molar-refractivity contribution in [2.24, 2.45) is 0 Å². The van der Waals surface area contributed by atoms with Crippen LogP contribution in [0.2, 0.25) is 5.02 Å². The number of hydrogen-bond donors (Lipinski definition) is 1. The van der Waals surface area contributed by atoms with Crippen molar-refractivity contribution in [3.05, 3.63) is 130 Å². The number of amides is 2. The average molecular weight is 646 g/mol. The molecular weight excluding hydrogens is 606 g/mol. The minimum atomic E-state index is -4.20. The van der Waals surface area contributed by atoms with Crippen LogP contribution in [0.25, 0.3) is 0 Å². The Balaban J connectivity index is 1.83. The molecule has 4 rings (SSSR count). The number of rotatable bonds is 13. The highest BCUT2D eigenvalue weighted by Crippen LogP contribution is 2.31. The van der Waals surface area contributed by atoms with Gasteiger partial charge in [0.05, 0.1) is 10.6 Å². The summed E-state index contributed by atoms with van der Waals surface area (Å²) in [6, 6.07) is 29.2. The van der Waals surface area contributed by atoms with Crippen LogP contribution in [0.1, 0.15) is 42.5 Å². The molecule has 236 valence electrons. The van der Waals surface area contributed by atoms with E-state index in [4.69, 9.17) is 11.6 Å². The molecule has 0 aliphatic rings. The van der Waals surface area contributed by atoms with Gasteiger partial charge in [-0.05, 0) is 68.1 Å². The number of carbonyl (C=O) groups is 2. The number of sulfonamides is 1. The standard InChI is InChI=1S/C36H40ClN3O4S/c1-5-27(3)38-36(42)34(23-29-15-8-6-9-16-29)39(24-30-17-12-14-26(2)22-30)35(41)25-40(33-21-13-20-32(37)28(33)4)45(43,44)31-18-10-7-11-19-31/h6-22,27,34H,5,23-25H2,1-4H3,(H,38,42)/t27-,34-/m0/s1. The lowest BCUT2D eigenvalue weighted by molar-refractivity contribution is -0.140. The summed E-state index contributed by atoms with van der Waals surface area (Å²) < 4.78 is 29.4. The number of aryl methyl sites for hydroxylation is 1. The molecule has 7 nitrogen and oxygen atoms in total. The maximum atomic E-state index is 14.6. The predicted octanol–water partition coefficient (Wildman–Crippen LogP) is 6.71. The van der Waals surface area contributed by atoms with Gasteiger partial charge < -0.3 is 10.2 Å². The van der Waals surface area contributed by atoms with Gasteiger partial charge in [0, 0.05) is 24.0 Å². The molecule has 0 spiro atoms. The molecule has 0 unspecified atom stereocenters. The van der Waals surface area contributed by atoms with Crippen LogP contribution in [0.3, 0.4) is 0 Å². The van der Waals surface area contributed by atoms with Crippen LogP contribution in [0, 0.1) is 13.8 Å². The number of halogens is 1. The van der Waals surface area contributed by atoms with Crippen molar-refractivity contribution >= 4 is 39.1 Å². The Hall–Kier alpha value is -4.14. The van der Waals surface area contributed by atoms with E-state index in [9.17, 15) is 18.0 Å². The second kappa shape index (κ2) is 15.2. The lowest BCUT2D eigenvalue weighted by Crippen LogP contribution is -2.54. The Morgan fingerprint density at radius 3 is 2.11 bits per heavy atom. The first kappa shape index (κ1) is 33.7. The Labute approximate surface area is 271 Å². The van der Waals surface area contributed by atoms with Crippen LogP contribution >= 0.6 is 11.6 Å². The largest absolute Gasteiger partial charge is 0.352 e. The zero-order valence-electron chi connectivity index (χ0n) is 26.1. The average Bonchev–Trinajstić information content (AvgIpc) is 3.03. The quantitative estimate of drug-likeness (QED) is 0.175. The fourth-order valence-corrected chi connectivity index (χ4v) is 6.76. The van der Waals surface area contributed by atoms with Gasteiger partial charge in [-0.15, -0.1) is 0 Å². The topological polar surface area (TPSA) is 86.8 Å². The lowest BCUT2D eigenvalue weighted by atomic mass is 10.0. The smallest absolute Gasteiger partial charge is 0.264 e. The minimum absolute atomic E-state index is 0.0396. The summed E-state index contributed by atoms with van der Waals surface area (Å²) in [5, 5.41) is 3.43. The molecule has 1 N–H and O–H groups in total. The van der Waals surface area contributed by atoms with Crippen molar-refractivity contribution in [2.45, 2.75) is 64.1 Å². The van der Waals surface area contributed by atoms with E-state index in [1.807, 2.05) is 75.4 Å². The molecule has 0 aliphatic heterocycles. The number of benzene rings is 4. The van der Waals surface area contributed by atoms with E-state index in [2.05, 4.69) is 5.32 Å². The molecule has 2 atom stereocenters. The third kappa shape index (κ3) is 8.53. The number of nitrogens with zero attached hydrogens (tertiary/aromatic N) is 2. The number of nitrogens with one attached hydrogen (secondary N) is 1. The van der Waals surface area contributed by atoms with Gasteiger partial charge in [0.1, 0.15) is 12.6 Å². The Bertz CT molecular complexity index is 1720. The number of carbonyl (C=O) groups excluding carboxylic acids is 2. The fourth-order valence-electron chi connectivity index (χ4n) is 5.10. The molecule has 0 saturated carbocycles. The molecule has 0 radical (unpaired) electrons. The van der Waals surface area contributed by atoms with Crippen molar-refractivity contribution < 1.29 is 18.0 Å². The van der Waals surface area contributed by atoms with Crippen molar-refractivity contribution in [1.29, 1.82) is 0 Å². The maximum Gasteiger partial charge on any atom is 0.264 e. The molecule has 0 fully saturated rings. The van der Waals surface area contributed by atoms with Crippen LogP contribution in [0.5, 0.6) is 0 Å². The Morgan fingerprint density at radius 1 is 0.844 bits per heavy atom. The summed E-state index contributed by atoms with van der Waals surface area (Å²) in [7, 11) is -4.20. The molecule has 45 heavy (non-hydrogen) atoms. The molecule has 0 heterocycles. The Kier molecular flexibility index (Phi) is 11.4. The van der Waals surface area contributed by atoms with Crippen LogP contribution in [0.4, 0.5) is 5.69 Å². The highest BCUT2D eigenvalue weighted by atomic mass is 35.5. The van der Waals surface area contributed by atoms with Gasteiger partial charge in [-0.1, -0.05) is 103 Å². The van der Waals surface area contributed by atoms with Gasteiger partial charge in [0.2, 0.25) is 11.8 Å². The molecule has 9 heteroatoms. The SMILES string of the molecule is CC[C@H](C)NC(=O)[C@H](Cc1ccccc1)N(Cc1cccc(C)c1)C(=O)CN(c1cccc(Cl)c1C)S(=O)(=O)c1ccccc1. The highest BCUT2D eigenvalue weighted by molar-refractivity contribution is 7.92. The lowest BCUT2D eigenvalue weighted by Gasteiger charge is -2.34. The minimum Gasteiger partial charge on any atom is -0.352 e. The second-order valence-electron chi connectivity index (χ2n) is 11.2. The van der Waals surface area contributed by atoms with Crippen LogP contribution in [0.15, 0.2) is 108 Å². The maximum absolute atomic E-state index is 14.6. The van der Waals surface area contributed by atoms with Gasteiger partial charge in [-0.3, -0.25) is 13.9 Å². The van der Waals surface area contributed by atoms with Crippen LogP contribution < -0.4 is 9.62 Å². The normalized spacial score (nSPS) is 12.6. The first-order valence-electron chi connectivity index (χ1n) is 15.0. The molecule has 2 amide bonds. The van der Waals surface area contributed by atoms with Gasteiger partial charge in [-0.2, -0.15) is 0 Å². The van der Waals surface area contributed by atoms with E-state index in [-0.39, 0.29) is 29.8 Å². The molecule has 4 aromatic rings. The highest BCUT2D eigenvalue weighted by Gasteiger charge is 2.35. The summed E-state index contributed by atoms with van der Waals surface area (Å²) in [4.78, 5) is 30.1. The Morgan fingerprint density at radius 2 is 1.47 bits per heavy atom. The number of hydrogen-bond acceptors (Lipinski definition) is 4. The molecule has 0 aromatic heterocycles. The second-order valence-corrected chi connectivity index (χ2v) is 13.5. The van der Waals surface area contributed by atoms with Crippen molar-refractivity contribution in [2.75, 3.05) is 10.8 Å². The first-order chi connectivity index (χ1) is 21.5.